The molecule has 2 aliphatic heterocycles. The zero-order valence-electron chi connectivity index (χ0n) is 9.28. The van der Waals surface area contributed by atoms with Crippen LogP contribution in [0, 0.1) is 0 Å². The van der Waals surface area contributed by atoms with Gasteiger partial charge in [-0.2, -0.15) is 0 Å². The molecule has 0 bridgehead atoms. The van der Waals surface area contributed by atoms with Crippen molar-refractivity contribution in [1.29, 1.82) is 0 Å². The van der Waals surface area contributed by atoms with Crippen molar-refractivity contribution in [2.24, 2.45) is 0 Å². The molecule has 0 amide bonds. The molecular weight excluding hydrogens is 172 g/mol. The summed E-state index contributed by atoms with van der Waals surface area (Å²) in [4.78, 5) is 5.15. The molecule has 2 saturated heterocycles. The van der Waals surface area contributed by atoms with Crippen molar-refractivity contribution < 1.29 is 0 Å². The minimum absolute atomic E-state index is 0.888. The van der Waals surface area contributed by atoms with E-state index in [0.29, 0.717) is 0 Å². The van der Waals surface area contributed by atoms with Crippen LogP contribution in [0.3, 0.4) is 0 Å². The van der Waals surface area contributed by atoms with Gasteiger partial charge in [0.25, 0.3) is 0 Å². The number of allylic oxidation sites excluding steroid dienone is 1. The van der Waals surface area contributed by atoms with Gasteiger partial charge >= 0.3 is 0 Å². The fraction of sp³-hybridized carbons (Fsp3) is 0.833. The molecule has 0 atom stereocenters. The van der Waals surface area contributed by atoms with E-state index in [4.69, 9.17) is 0 Å². The Bertz CT molecular complexity index is 186. The van der Waals surface area contributed by atoms with E-state index < -0.39 is 0 Å². The van der Waals surface area contributed by atoms with Crippen LogP contribution in [0.1, 0.15) is 32.6 Å². The first kappa shape index (κ1) is 10.0. The van der Waals surface area contributed by atoms with Crippen molar-refractivity contribution in [2.75, 3.05) is 26.2 Å². The lowest BCUT2D eigenvalue weighted by Crippen LogP contribution is -2.41. The van der Waals surface area contributed by atoms with Crippen LogP contribution >= 0.6 is 0 Å². The number of hydrogen-bond donors (Lipinski definition) is 0. The molecule has 0 aromatic rings. The molecule has 14 heavy (non-hydrogen) atoms. The lowest BCUT2D eigenvalue weighted by Gasteiger charge is -2.36. The molecule has 0 N–H and O–H groups in total. The minimum atomic E-state index is 0.888. The molecule has 2 heterocycles. The highest BCUT2D eigenvalue weighted by molar-refractivity contribution is 4.87. The van der Waals surface area contributed by atoms with Gasteiger partial charge in [-0.1, -0.05) is 6.08 Å². The molecule has 0 radical (unpaired) electrons. The first-order valence-corrected chi connectivity index (χ1v) is 6.01. The summed E-state index contributed by atoms with van der Waals surface area (Å²) < 4.78 is 0. The van der Waals surface area contributed by atoms with Crippen LogP contribution < -0.4 is 0 Å². The smallest absolute Gasteiger partial charge is 0.0187 e. The zero-order chi connectivity index (χ0) is 9.80. The third-order valence-electron chi connectivity index (χ3n) is 3.52. The van der Waals surface area contributed by atoms with Gasteiger partial charge in [-0.25, -0.2) is 0 Å². The summed E-state index contributed by atoms with van der Waals surface area (Å²) in [6.45, 7) is 7.33. The van der Waals surface area contributed by atoms with E-state index in [0.717, 1.165) is 6.04 Å². The molecule has 2 fully saturated rings. The summed E-state index contributed by atoms with van der Waals surface area (Å²) in [5, 5.41) is 0. The molecule has 0 saturated carbocycles. The fourth-order valence-electron chi connectivity index (χ4n) is 2.72. The second-order valence-electron chi connectivity index (χ2n) is 4.49. The van der Waals surface area contributed by atoms with Crippen LogP contribution in [0.25, 0.3) is 0 Å². The van der Waals surface area contributed by atoms with Gasteiger partial charge < -0.3 is 9.80 Å². The largest absolute Gasteiger partial charge is 0.378 e. The van der Waals surface area contributed by atoms with Crippen LogP contribution in [0.15, 0.2) is 12.3 Å². The highest BCUT2D eigenvalue weighted by atomic mass is 15.2. The minimum Gasteiger partial charge on any atom is -0.378 e. The molecule has 0 aromatic heterocycles. The highest BCUT2D eigenvalue weighted by Gasteiger charge is 2.24. The van der Waals surface area contributed by atoms with Crippen molar-refractivity contribution in [3.8, 4) is 0 Å². The first-order chi connectivity index (χ1) is 6.90. The molecule has 80 valence electrons. The molecule has 2 nitrogen and oxygen atoms in total. The summed E-state index contributed by atoms with van der Waals surface area (Å²) in [7, 11) is 0. The summed E-state index contributed by atoms with van der Waals surface area (Å²) in [6, 6.07) is 0.888. The Morgan fingerprint density at radius 3 is 2.21 bits per heavy atom. The van der Waals surface area contributed by atoms with Gasteiger partial charge in [-0.05, 0) is 51.9 Å². The van der Waals surface area contributed by atoms with Gasteiger partial charge in [-0.15, -0.1) is 0 Å². The summed E-state index contributed by atoms with van der Waals surface area (Å²) >= 11 is 0. The fourth-order valence-corrected chi connectivity index (χ4v) is 2.72. The van der Waals surface area contributed by atoms with Crippen molar-refractivity contribution in [3.05, 3.63) is 12.3 Å². The summed E-state index contributed by atoms with van der Waals surface area (Å²) in [5.74, 6) is 0. The Morgan fingerprint density at radius 2 is 1.64 bits per heavy atom. The Labute approximate surface area is 87.6 Å². The Hall–Kier alpha value is -0.500. The lowest BCUT2D eigenvalue weighted by atomic mass is 10.0. The predicted octanol–water partition coefficient (Wildman–Crippen LogP) is 2.08. The van der Waals surface area contributed by atoms with Gasteiger partial charge in [0.2, 0.25) is 0 Å². The van der Waals surface area contributed by atoms with Gasteiger partial charge in [0.05, 0.1) is 0 Å². The van der Waals surface area contributed by atoms with Crippen molar-refractivity contribution in [2.45, 2.75) is 38.6 Å². The maximum atomic E-state index is 2.70. The molecule has 0 unspecified atom stereocenters. The molecule has 0 spiro atoms. The van der Waals surface area contributed by atoms with E-state index in [-0.39, 0.29) is 0 Å². The summed E-state index contributed by atoms with van der Waals surface area (Å²) in [5.41, 5.74) is 0. The first-order valence-electron chi connectivity index (χ1n) is 6.01. The Kier molecular flexibility index (Phi) is 3.46. The van der Waals surface area contributed by atoms with E-state index in [1.807, 2.05) is 0 Å². The molecule has 2 rings (SSSR count). The summed E-state index contributed by atoms with van der Waals surface area (Å²) in [6.07, 6.45) is 9.97. The van der Waals surface area contributed by atoms with E-state index in [1.165, 1.54) is 51.9 Å². The van der Waals surface area contributed by atoms with Crippen LogP contribution in [0.4, 0.5) is 0 Å². The Balaban J connectivity index is 1.77. The molecular formula is C12H22N2. The lowest BCUT2D eigenvalue weighted by molar-refractivity contribution is 0.154. The van der Waals surface area contributed by atoms with Gasteiger partial charge in [-0.3, -0.25) is 0 Å². The maximum absolute atomic E-state index is 2.70. The standard InChI is InChI=1S/C12H22N2/c1-2-7-13-10-5-12(6-11-13)14-8-3-4-9-14/h2,7,12H,3-6,8-11H2,1H3/b7-2+. The number of likely N-dealkylation sites (tertiary alicyclic amines) is 2. The van der Waals surface area contributed by atoms with Crippen LogP contribution in [-0.2, 0) is 0 Å². The van der Waals surface area contributed by atoms with E-state index in [9.17, 15) is 0 Å². The number of hydrogen-bond acceptors (Lipinski definition) is 2. The van der Waals surface area contributed by atoms with E-state index in [1.54, 1.807) is 0 Å². The molecule has 0 aliphatic carbocycles. The number of piperidine rings is 1. The SMILES string of the molecule is C/C=C/N1CCC(N2CCCC2)CC1. The van der Waals surface area contributed by atoms with Crippen molar-refractivity contribution in [3.63, 3.8) is 0 Å². The molecule has 0 aromatic carbocycles. The van der Waals surface area contributed by atoms with Crippen molar-refractivity contribution in [1.82, 2.24) is 9.80 Å². The molecule has 2 aliphatic rings. The highest BCUT2D eigenvalue weighted by Crippen LogP contribution is 2.20. The number of rotatable bonds is 2. The van der Waals surface area contributed by atoms with Crippen LogP contribution in [-0.4, -0.2) is 42.0 Å². The average Bonchev–Trinajstić information content (AvgIpc) is 2.72. The van der Waals surface area contributed by atoms with Gasteiger partial charge in [0.1, 0.15) is 0 Å². The zero-order valence-corrected chi connectivity index (χ0v) is 9.28. The molecule has 2 heteroatoms. The topological polar surface area (TPSA) is 6.48 Å². The van der Waals surface area contributed by atoms with Gasteiger partial charge in [0, 0.05) is 19.1 Å². The second-order valence-corrected chi connectivity index (χ2v) is 4.49. The average molecular weight is 194 g/mol. The van der Waals surface area contributed by atoms with Crippen LogP contribution in [0.5, 0.6) is 0 Å². The van der Waals surface area contributed by atoms with Gasteiger partial charge in [0.15, 0.2) is 0 Å². The third-order valence-corrected chi connectivity index (χ3v) is 3.52. The van der Waals surface area contributed by atoms with Crippen LogP contribution in [0.2, 0.25) is 0 Å². The second kappa shape index (κ2) is 4.83. The number of nitrogens with zero attached hydrogens (tertiary/aromatic N) is 2. The third kappa shape index (κ3) is 2.30. The van der Waals surface area contributed by atoms with Crippen molar-refractivity contribution >= 4 is 0 Å². The van der Waals surface area contributed by atoms with E-state index >= 15 is 0 Å². The Morgan fingerprint density at radius 1 is 1.00 bits per heavy atom. The quantitative estimate of drug-likeness (QED) is 0.664. The monoisotopic (exact) mass is 194 g/mol. The predicted molar refractivity (Wildman–Crippen MR) is 60.2 cm³/mol. The normalized spacial score (nSPS) is 26.5. The maximum Gasteiger partial charge on any atom is 0.0187 e. The van der Waals surface area contributed by atoms with E-state index in [2.05, 4.69) is 29.0 Å².